The summed E-state index contributed by atoms with van der Waals surface area (Å²) in [5, 5.41) is 2.63. The third-order valence-electron chi connectivity index (χ3n) is 1.41. The fraction of sp³-hybridized carbons (Fsp3) is 0.143. The number of rotatable bonds is 0. The summed E-state index contributed by atoms with van der Waals surface area (Å²) in [6.07, 6.45) is 3.18. The summed E-state index contributed by atoms with van der Waals surface area (Å²) in [7, 11) is 0. The summed E-state index contributed by atoms with van der Waals surface area (Å²) in [6.45, 7) is 0.0943. The molecule has 1 amide bonds. The number of ether oxygens (including phenoxy) is 1. The first-order valence-corrected chi connectivity index (χ1v) is 3.23. The first kappa shape index (κ1) is 6.15. The van der Waals surface area contributed by atoms with Gasteiger partial charge in [0, 0.05) is 12.3 Å². The Morgan fingerprint density at radius 1 is 1.64 bits per heavy atom. The maximum Gasteiger partial charge on any atom is 0.262 e. The van der Waals surface area contributed by atoms with Crippen molar-refractivity contribution in [3.63, 3.8) is 0 Å². The Morgan fingerprint density at radius 2 is 2.55 bits per heavy atom. The molecule has 0 radical (unpaired) electrons. The topological polar surface area (TPSA) is 51.2 Å². The number of pyridine rings is 1. The highest BCUT2D eigenvalue weighted by molar-refractivity contribution is 5.94. The van der Waals surface area contributed by atoms with Gasteiger partial charge in [-0.2, -0.15) is 0 Å². The van der Waals surface area contributed by atoms with Gasteiger partial charge in [-0.15, -0.1) is 0 Å². The zero-order chi connectivity index (χ0) is 7.68. The monoisotopic (exact) mass is 150 g/mol. The van der Waals surface area contributed by atoms with Crippen LogP contribution in [-0.2, 0) is 4.79 Å². The van der Waals surface area contributed by atoms with Gasteiger partial charge >= 0.3 is 0 Å². The second-order valence-electron chi connectivity index (χ2n) is 2.21. The molecule has 0 aromatic carbocycles. The van der Waals surface area contributed by atoms with Gasteiger partial charge in [-0.25, -0.2) is 0 Å². The molecule has 4 nitrogen and oxygen atoms in total. The number of hydrogen-bond donors (Lipinski definition) is 1. The second kappa shape index (κ2) is 2.23. The second-order valence-corrected chi connectivity index (χ2v) is 2.21. The first-order chi connectivity index (χ1) is 5.36. The first-order valence-electron chi connectivity index (χ1n) is 3.23. The molecule has 56 valence electrons. The fourth-order valence-corrected chi connectivity index (χ4v) is 0.931. The molecular formula is C7H6N2O2. The number of carbonyl (C=O) groups excluding carboxylic acids is 1. The van der Waals surface area contributed by atoms with E-state index in [1.54, 1.807) is 18.5 Å². The summed E-state index contributed by atoms with van der Waals surface area (Å²) < 4.78 is 5.08. The molecule has 0 spiro atoms. The van der Waals surface area contributed by atoms with E-state index in [2.05, 4.69) is 10.3 Å². The SMILES string of the molecule is O=C1COc2ccncc2N1. The van der Waals surface area contributed by atoms with E-state index in [0.717, 1.165) is 0 Å². The van der Waals surface area contributed by atoms with Crippen LogP contribution in [0.2, 0.25) is 0 Å². The highest BCUT2D eigenvalue weighted by Crippen LogP contribution is 2.24. The van der Waals surface area contributed by atoms with Crippen LogP contribution >= 0.6 is 0 Å². The molecule has 0 aliphatic carbocycles. The maximum absolute atomic E-state index is 10.8. The van der Waals surface area contributed by atoms with Crippen LogP contribution in [0.15, 0.2) is 18.5 Å². The average molecular weight is 150 g/mol. The molecule has 4 heteroatoms. The normalized spacial score (nSPS) is 14.7. The van der Waals surface area contributed by atoms with Crippen LogP contribution in [0.4, 0.5) is 5.69 Å². The lowest BCUT2D eigenvalue weighted by Gasteiger charge is -2.16. The standard InChI is InChI=1S/C7H6N2O2/c10-7-4-11-6-1-2-8-3-5(6)9-7/h1-3H,4H2,(H,9,10). The largest absolute Gasteiger partial charge is 0.481 e. The number of amides is 1. The van der Waals surface area contributed by atoms with Crippen molar-refractivity contribution in [2.75, 3.05) is 11.9 Å². The summed E-state index contributed by atoms with van der Waals surface area (Å²) in [6, 6.07) is 1.72. The molecule has 11 heavy (non-hydrogen) atoms. The minimum Gasteiger partial charge on any atom is -0.481 e. The zero-order valence-electron chi connectivity index (χ0n) is 5.70. The number of aromatic nitrogens is 1. The number of nitrogens with zero attached hydrogens (tertiary/aromatic N) is 1. The number of nitrogens with one attached hydrogen (secondary N) is 1. The molecule has 0 saturated carbocycles. The van der Waals surface area contributed by atoms with Gasteiger partial charge in [0.05, 0.1) is 6.20 Å². The summed E-state index contributed by atoms with van der Waals surface area (Å²) in [5.41, 5.74) is 0.642. The van der Waals surface area contributed by atoms with Crippen molar-refractivity contribution in [1.82, 2.24) is 4.98 Å². The van der Waals surface area contributed by atoms with Crippen LogP contribution in [0, 0.1) is 0 Å². The molecule has 1 N–H and O–H groups in total. The Balaban J connectivity index is 2.41. The predicted molar refractivity (Wildman–Crippen MR) is 38.4 cm³/mol. The maximum atomic E-state index is 10.8. The predicted octanol–water partition coefficient (Wildman–Crippen LogP) is 0.412. The van der Waals surface area contributed by atoms with Crippen molar-refractivity contribution in [2.24, 2.45) is 0 Å². The summed E-state index contributed by atoms with van der Waals surface area (Å²) in [5.74, 6) is 0.546. The van der Waals surface area contributed by atoms with E-state index >= 15 is 0 Å². The minimum atomic E-state index is -0.134. The zero-order valence-corrected chi connectivity index (χ0v) is 5.70. The van der Waals surface area contributed by atoms with E-state index in [-0.39, 0.29) is 12.5 Å². The van der Waals surface area contributed by atoms with E-state index in [4.69, 9.17) is 4.74 Å². The highest BCUT2D eigenvalue weighted by Gasteiger charge is 2.14. The molecule has 2 heterocycles. The van der Waals surface area contributed by atoms with E-state index < -0.39 is 0 Å². The molecule has 0 unspecified atom stereocenters. The number of fused-ring (bicyclic) bond motifs is 1. The van der Waals surface area contributed by atoms with Gasteiger partial charge in [-0.05, 0) is 0 Å². The van der Waals surface area contributed by atoms with E-state index in [9.17, 15) is 4.79 Å². The smallest absolute Gasteiger partial charge is 0.262 e. The Morgan fingerprint density at radius 3 is 3.45 bits per heavy atom. The van der Waals surface area contributed by atoms with E-state index in [1.165, 1.54) is 0 Å². The quantitative estimate of drug-likeness (QED) is 0.582. The van der Waals surface area contributed by atoms with Gasteiger partial charge in [-0.1, -0.05) is 0 Å². The molecule has 0 fully saturated rings. The van der Waals surface area contributed by atoms with Gasteiger partial charge in [0.1, 0.15) is 11.4 Å². The van der Waals surface area contributed by atoms with Crippen molar-refractivity contribution in [3.8, 4) is 5.75 Å². The van der Waals surface area contributed by atoms with Crippen LogP contribution in [0.25, 0.3) is 0 Å². The fourth-order valence-electron chi connectivity index (χ4n) is 0.931. The van der Waals surface area contributed by atoms with Crippen molar-refractivity contribution in [3.05, 3.63) is 18.5 Å². The lowest BCUT2D eigenvalue weighted by molar-refractivity contribution is -0.118. The molecule has 0 atom stereocenters. The van der Waals surface area contributed by atoms with Gasteiger partial charge < -0.3 is 10.1 Å². The molecule has 1 aliphatic rings. The van der Waals surface area contributed by atoms with E-state index in [0.29, 0.717) is 11.4 Å². The van der Waals surface area contributed by atoms with Gasteiger partial charge in [0.25, 0.3) is 5.91 Å². The van der Waals surface area contributed by atoms with Crippen LogP contribution in [0.3, 0.4) is 0 Å². The van der Waals surface area contributed by atoms with Crippen LogP contribution in [0.1, 0.15) is 0 Å². The summed E-state index contributed by atoms with van der Waals surface area (Å²) >= 11 is 0. The molecule has 1 aliphatic heterocycles. The van der Waals surface area contributed by atoms with Crippen LogP contribution < -0.4 is 10.1 Å². The Labute approximate surface area is 63.2 Å². The third kappa shape index (κ3) is 1.02. The lowest BCUT2D eigenvalue weighted by Crippen LogP contribution is -2.25. The lowest BCUT2D eigenvalue weighted by atomic mass is 10.3. The van der Waals surface area contributed by atoms with Crippen molar-refractivity contribution in [2.45, 2.75) is 0 Å². The molecule has 2 rings (SSSR count). The molecule has 1 aromatic heterocycles. The molecule has 0 saturated heterocycles. The minimum absolute atomic E-state index is 0.0943. The third-order valence-corrected chi connectivity index (χ3v) is 1.41. The van der Waals surface area contributed by atoms with E-state index in [1.807, 2.05) is 0 Å². The van der Waals surface area contributed by atoms with Gasteiger partial charge in [0.15, 0.2) is 6.61 Å². The van der Waals surface area contributed by atoms with Crippen molar-refractivity contribution in [1.29, 1.82) is 0 Å². The Hall–Kier alpha value is -1.58. The van der Waals surface area contributed by atoms with Crippen molar-refractivity contribution >= 4 is 11.6 Å². The van der Waals surface area contributed by atoms with Crippen LogP contribution in [-0.4, -0.2) is 17.5 Å². The van der Waals surface area contributed by atoms with Gasteiger partial charge in [-0.3, -0.25) is 9.78 Å². The van der Waals surface area contributed by atoms with Crippen molar-refractivity contribution < 1.29 is 9.53 Å². The molecular weight excluding hydrogens is 144 g/mol. The number of carbonyl (C=O) groups is 1. The van der Waals surface area contributed by atoms with Crippen LogP contribution in [0.5, 0.6) is 5.75 Å². The highest BCUT2D eigenvalue weighted by atomic mass is 16.5. The Bertz CT molecular complexity index is 298. The average Bonchev–Trinajstić information content (AvgIpc) is 2.04. The Kier molecular flexibility index (Phi) is 1.25. The molecule has 1 aromatic rings. The number of hydrogen-bond acceptors (Lipinski definition) is 3. The number of anilines is 1. The summed E-state index contributed by atoms with van der Waals surface area (Å²) in [4.78, 5) is 14.6. The van der Waals surface area contributed by atoms with Gasteiger partial charge in [0.2, 0.25) is 0 Å². The molecule has 0 bridgehead atoms.